The minimum absolute atomic E-state index is 0.0563. The van der Waals surface area contributed by atoms with Crippen LogP contribution in [0, 0.1) is 5.92 Å². The van der Waals surface area contributed by atoms with Gasteiger partial charge in [0.25, 0.3) is 5.91 Å². The van der Waals surface area contributed by atoms with Crippen LogP contribution in [0.1, 0.15) is 65.2 Å². The Bertz CT molecular complexity index is 731. The van der Waals surface area contributed by atoms with Crippen LogP contribution in [0.2, 0.25) is 0 Å². The highest BCUT2D eigenvalue weighted by Crippen LogP contribution is 2.35. The molecule has 6 nitrogen and oxygen atoms in total. The molecule has 3 rings (SSSR count). The Morgan fingerprint density at radius 2 is 2.21 bits per heavy atom. The molecule has 1 amide bonds. The summed E-state index contributed by atoms with van der Waals surface area (Å²) in [7, 11) is 0. The number of piperidine rings is 1. The summed E-state index contributed by atoms with van der Waals surface area (Å²) in [5.74, 6) is 0.272. The van der Waals surface area contributed by atoms with Gasteiger partial charge in [-0.25, -0.2) is 4.79 Å². The number of furan rings is 2. The first-order chi connectivity index (χ1) is 11.5. The summed E-state index contributed by atoms with van der Waals surface area (Å²) in [6.07, 6.45) is 3.73. The van der Waals surface area contributed by atoms with Gasteiger partial charge in [0.2, 0.25) is 0 Å². The second-order valence-electron chi connectivity index (χ2n) is 6.27. The van der Waals surface area contributed by atoms with Gasteiger partial charge in [0.1, 0.15) is 17.1 Å². The maximum Gasteiger partial charge on any atom is 0.339 e. The number of likely N-dealkylation sites (tertiary alicyclic amines) is 1. The van der Waals surface area contributed by atoms with E-state index in [1.54, 1.807) is 18.1 Å². The summed E-state index contributed by atoms with van der Waals surface area (Å²) in [6, 6.07) is 4.85. The van der Waals surface area contributed by atoms with Crippen molar-refractivity contribution in [3.63, 3.8) is 0 Å². The van der Waals surface area contributed by atoms with Crippen molar-refractivity contribution in [3.05, 3.63) is 47.3 Å². The van der Waals surface area contributed by atoms with E-state index in [0.29, 0.717) is 24.6 Å². The molecule has 2 aromatic heterocycles. The fourth-order valence-corrected chi connectivity index (χ4v) is 3.25. The van der Waals surface area contributed by atoms with E-state index in [-0.39, 0.29) is 23.3 Å². The fraction of sp³-hybridized carbons (Fsp3) is 0.444. The molecule has 1 aliphatic heterocycles. The molecule has 3 heterocycles. The molecule has 2 unspecified atom stereocenters. The lowest BCUT2D eigenvalue weighted by atomic mass is 9.91. The molecule has 0 saturated carbocycles. The zero-order chi connectivity index (χ0) is 17.3. The summed E-state index contributed by atoms with van der Waals surface area (Å²) in [5.41, 5.74) is 0.0563. The molecule has 6 heteroatoms. The molecular formula is C18H21NO5. The lowest BCUT2D eigenvalue weighted by molar-refractivity contribution is 0.0487. The predicted octanol–water partition coefficient (Wildman–Crippen LogP) is 3.75. The highest BCUT2D eigenvalue weighted by Gasteiger charge is 2.35. The van der Waals surface area contributed by atoms with Crippen LogP contribution >= 0.6 is 0 Å². The summed E-state index contributed by atoms with van der Waals surface area (Å²) >= 11 is 0. The second-order valence-corrected chi connectivity index (χ2v) is 6.27. The van der Waals surface area contributed by atoms with Crippen molar-refractivity contribution in [2.45, 2.75) is 39.2 Å². The smallest absolute Gasteiger partial charge is 0.339 e. The summed E-state index contributed by atoms with van der Waals surface area (Å²) in [5, 5.41) is 9.24. The van der Waals surface area contributed by atoms with Gasteiger partial charge >= 0.3 is 5.97 Å². The third-order valence-corrected chi connectivity index (χ3v) is 4.57. The normalized spacial score (nSPS) is 21.0. The number of carboxylic acid groups (broad SMARTS) is 1. The molecule has 0 aromatic carbocycles. The van der Waals surface area contributed by atoms with Gasteiger partial charge in [-0.15, -0.1) is 0 Å². The van der Waals surface area contributed by atoms with Crippen molar-refractivity contribution in [1.82, 2.24) is 4.90 Å². The molecule has 2 atom stereocenters. The number of aryl methyl sites for hydroxylation is 1. The molecule has 1 aliphatic rings. The van der Waals surface area contributed by atoms with Crippen LogP contribution in [-0.4, -0.2) is 28.4 Å². The topological polar surface area (TPSA) is 83.9 Å². The molecule has 0 radical (unpaired) electrons. The number of hydrogen-bond acceptors (Lipinski definition) is 4. The molecule has 2 aromatic rings. The van der Waals surface area contributed by atoms with Crippen LogP contribution in [0.3, 0.4) is 0 Å². The van der Waals surface area contributed by atoms with E-state index in [2.05, 4.69) is 6.92 Å². The Morgan fingerprint density at radius 1 is 1.42 bits per heavy atom. The molecule has 24 heavy (non-hydrogen) atoms. The van der Waals surface area contributed by atoms with Gasteiger partial charge in [-0.3, -0.25) is 4.79 Å². The van der Waals surface area contributed by atoms with Gasteiger partial charge in [0.15, 0.2) is 5.76 Å². The Labute approximate surface area is 140 Å². The summed E-state index contributed by atoms with van der Waals surface area (Å²) < 4.78 is 11.0. The monoisotopic (exact) mass is 331 g/mol. The number of aromatic carboxylic acids is 1. The molecule has 1 N–H and O–H groups in total. The lowest BCUT2D eigenvalue weighted by Gasteiger charge is -2.36. The third kappa shape index (κ3) is 2.96. The van der Waals surface area contributed by atoms with Crippen LogP contribution < -0.4 is 0 Å². The van der Waals surface area contributed by atoms with Crippen LogP contribution in [0.4, 0.5) is 0 Å². The third-order valence-electron chi connectivity index (χ3n) is 4.57. The number of hydrogen-bond donors (Lipinski definition) is 1. The van der Waals surface area contributed by atoms with Crippen LogP contribution in [0.15, 0.2) is 33.3 Å². The molecule has 0 spiro atoms. The van der Waals surface area contributed by atoms with E-state index in [1.807, 2.05) is 12.1 Å². The van der Waals surface area contributed by atoms with E-state index in [9.17, 15) is 14.7 Å². The maximum absolute atomic E-state index is 12.9. The van der Waals surface area contributed by atoms with E-state index in [1.165, 1.54) is 6.07 Å². The van der Waals surface area contributed by atoms with Gasteiger partial charge in [0.05, 0.1) is 12.3 Å². The van der Waals surface area contributed by atoms with Crippen molar-refractivity contribution in [2.24, 2.45) is 5.92 Å². The molecule has 0 aliphatic carbocycles. The van der Waals surface area contributed by atoms with Gasteiger partial charge in [-0.05, 0) is 30.9 Å². The first-order valence-corrected chi connectivity index (χ1v) is 8.21. The maximum atomic E-state index is 12.9. The Hall–Kier alpha value is -2.50. The zero-order valence-electron chi connectivity index (χ0n) is 13.8. The van der Waals surface area contributed by atoms with E-state index >= 15 is 0 Å². The quantitative estimate of drug-likeness (QED) is 0.922. The molecule has 0 bridgehead atoms. The Kier molecular flexibility index (Phi) is 4.46. The zero-order valence-corrected chi connectivity index (χ0v) is 13.8. The summed E-state index contributed by atoms with van der Waals surface area (Å²) in [4.78, 5) is 25.9. The molecule has 1 saturated heterocycles. The van der Waals surface area contributed by atoms with Crippen molar-refractivity contribution >= 4 is 11.9 Å². The van der Waals surface area contributed by atoms with Crippen molar-refractivity contribution in [2.75, 3.05) is 6.54 Å². The molecular weight excluding hydrogens is 310 g/mol. The SMILES string of the molecule is CCc1oc(C(=O)N2CCC(C)CC2c2ccco2)cc1C(=O)O. The van der Waals surface area contributed by atoms with Gasteiger partial charge in [-0.2, -0.15) is 0 Å². The first-order valence-electron chi connectivity index (χ1n) is 8.21. The minimum atomic E-state index is -1.08. The number of carboxylic acids is 1. The highest BCUT2D eigenvalue weighted by atomic mass is 16.4. The van der Waals surface area contributed by atoms with Gasteiger partial charge in [-0.1, -0.05) is 13.8 Å². The number of carbonyl (C=O) groups is 2. The standard InChI is InChI=1S/C18H21NO5/c1-3-14-12(18(21)22)10-16(24-14)17(20)19-7-6-11(2)9-13(19)15-5-4-8-23-15/h4-5,8,10-11,13H,3,6-7,9H2,1-2H3,(H,21,22). The van der Waals surface area contributed by atoms with Gasteiger partial charge < -0.3 is 18.8 Å². The highest BCUT2D eigenvalue weighted by molar-refractivity contribution is 5.96. The predicted molar refractivity (Wildman–Crippen MR) is 85.9 cm³/mol. The largest absolute Gasteiger partial charge is 0.478 e. The number of nitrogens with zero attached hydrogens (tertiary/aromatic N) is 1. The van der Waals surface area contributed by atoms with Crippen LogP contribution in [-0.2, 0) is 6.42 Å². The van der Waals surface area contributed by atoms with E-state index in [4.69, 9.17) is 8.83 Å². The van der Waals surface area contributed by atoms with Crippen LogP contribution in [0.5, 0.6) is 0 Å². The first kappa shape index (κ1) is 16.4. The van der Waals surface area contributed by atoms with Crippen molar-refractivity contribution in [1.29, 1.82) is 0 Å². The number of rotatable bonds is 4. The molecule has 1 fully saturated rings. The second kappa shape index (κ2) is 6.55. The Balaban J connectivity index is 1.91. The number of amides is 1. The molecule has 128 valence electrons. The van der Waals surface area contributed by atoms with E-state index in [0.717, 1.165) is 18.6 Å². The lowest BCUT2D eigenvalue weighted by Crippen LogP contribution is -2.40. The average molecular weight is 331 g/mol. The van der Waals surface area contributed by atoms with Gasteiger partial charge in [0, 0.05) is 19.0 Å². The fourth-order valence-electron chi connectivity index (χ4n) is 3.25. The summed E-state index contributed by atoms with van der Waals surface area (Å²) in [6.45, 7) is 4.55. The average Bonchev–Trinajstić information content (AvgIpc) is 3.23. The van der Waals surface area contributed by atoms with Crippen LogP contribution in [0.25, 0.3) is 0 Å². The Morgan fingerprint density at radius 3 is 2.79 bits per heavy atom. The minimum Gasteiger partial charge on any atom is -0.478 e. The number of carbonyl (C=O) groups excluding carboxylic acids is 1. The van der Waals surface area contributed by atoms with Crippen molar-refractivity contribution in [3.8, 4) is 0 Å². The van der Waals surface area contributed by atoms with E-state index < -0.39 is 5.97 Å². The van der Waals surface area contributed by atoms with Crippen molar-refractivity contribution < 1.29 is 23.5 Å².